The summed E-state index contributed by atoms with van der Waals surface area (Å²) in [4.78, 5) is 14.4. The van der Waals surface area contributed by atoms with Gasteiger partial charge in [-0.05, 0) is 73.3 Å². The van der Waals surface area contributed by atoms with Crippen molar-refractivity contribution < 1.29 is 22.7 Å². The van der Waals surface area contributed by atoms with Crippen molar-refractivity contribution in [1.82, 2.24) is 3.97 Å². The third-order valence-electron chi connectivity index (χ3n) is 7.29. The lowest BCUT2D eigenvalue weighted by molar-refractivity contribution is -0.142. The molecule has 3 aromatic carbocycles. The SMILES string of the molecule is Cc1ccc(S(=O)(=O)n2c(-c3cccc(N4CC(C(=O)O)C4)c3)c(-c3ccsc3C)c3cc(F)ccc32)cc1. The second-order valence-electron chi connectivity index (χ2n) is 9.85. The molecule has 1 fully saturated rings. The number of aromatic nitrogens is 1. The molecule has 1 N–H and O–H groups in total. The zero-order chi connectivity index (χ0) is 27.5. The van der Waals surface area contributed by atoms with Crippen LogP contribution >= 0.6 is 11.3 Å². The smallest absolute Gasteiger partial charge is 0.310 e. The van der Waals surface area contributed by atoms with E-state index in [1.54, 1.807) is 24.3 Å². The van der Waals surface area contributed by atoms with E-state index in [0.717, 1.165) is 21.7 Å². The Morgan fingerprint density at radius 2 is 1.74 bits per heavy atom. The fourth-order valence-corrected chi connectivity index (χ4v) is 7.43. The maximum Gasteiger partial charge on any atom is 0.310 e. The molecule has 1 aliphatic heterocycles. The molecule has 0 unspecified atom stereocenters. The van der Waals surface area contributed by atoms with Crippen LogP contribution in [0.2, 0.25) is 0 Å². The third-order valence-corrected chi connectivity index (χ3v) is 9.86. The lowest BCUT2D eigenvalue weighted by Gasteiger charge is -2.38. The molecule has 0 bridgehead atoms. The molecule has 1 aliphatic rings. The van der Waals surface area contributed by atoms with Gasteiger partial charge < -0.3 is 10.0 Å². The Kier molecular flexibility index (Phi) is 6.08. The first-order chi connectivity index (χ1) is 18.6. The Balaban J connectivity index is 1.66. The van der Waals surface area contributed by atoms with E-state index in [0.29, 0.717) is 40.8 Å². The first-order valence-corrected chi connectivity index (χ1v) is 14.8. The van der Waals surface area contributed by atoms with E-state index in [9.17, 15) is 22.7 Å². The predicted molar refractivity (Wildman–Crippen MR) is 152 cm³/mol. The summed E-state index contributed by atoms with van der Waals surface area (Å²) in [7, 11) is -4.10. The van der Waals surface area contributed by atoms with Crippen molar-refractivity contribution in [3.05, 3.63) is 94.4 Å². The number of aryl methyl sites for hydroxylation is 2. The molecule has 6 nitrogen and oxygen atoms in total. The van der Waals surface area contributed by atoms with Gasteiger partial charge in [0.1, 0.15) is 5.82 Å². The van der Waals surface area contributed by atoms with Crippen LogP contribution in [0.1, 0.15) is 10.4 Å². The standard InChI is InChI=1S/C30H25FN2O4S2/c1-18-6-9-24(10-7-18)39(36,37)33-27-11-8-22(31)15-26(27)28(25-12-13-38-19(25)2)29(33)20-4-3-5-23(14-20)32-16-21(17-32)30(34)35/h3-15,21H,16-17H2,1-2H3,(H,34,35). The molecule has 0 radical (unpaired) electrons. The highest BCUT2D eigenvalue weighted by Crippen LogP contribution is 2.46. The first-order valence-electron chi connectivity index (χ1n) is 12.4. The van der Waals surface area contributed by atoms with Crippen LogP contribution in [0.3, 0.4) is 0 Å². The summed E-state index contributed by atoms with van der Waals surface area (Å²) in [6, 6.07) is 20.3. The summed E-state index contributed by atoms with van der Waals surface area (Å²) < 4.78 is 44.6. The normalized spacial score (nSPS) is 14.1. The number of benzene rings is 3. The molecule has 3 heterocycles. The maximum atomic E-state index is 14.7. The second-order valence-corrected chi connectivity index (χ2v) is 12.8. The summed E-state index contributed by atoms with van der Waals surface area (Å²) in [5.41, 5.74) is 4.67. The number of fused-ring (bicyclic) bond motifs is 1. The molecule has 2 aromatic heterocycles. The van der Waals surface area contributed by atoms with E-state index in [1.807, 2.05) is 54.5 Å². The van der Waals surface area contributed by atoms with E-state index in [2.05, 4.69) is 0 Å². The molecular formula is C30H25FN2O4S2. The Morgan fingerprint density at radius 1 is 1.00 bits per heavy atom. The molecule has 0 aliphatic carbocycles. The number of nitrogens with zero attached hydrogens (tertiary/aromatic N) is 2. The van der Waals surface area contributed by atoms with E-state index in [-0.39, 0.29) is 4.90 Å². The molecule has 0 atom stereocenters. The van der Waals surface area contributed by atoms with Crippen molar-refractivity contribution in [1.29, 1.82) is 0 Å². The van der Waals surface area contributed by atoms with Crippen LogP contribution in [0, 0.1) is 25.6 Å². The van der Waals surface area contributed by atoms with Crippen molar-refractivity contribution >= 4 is 43.9 Å². The van der Waals surface area contributed by atoms with Crippen molar-refractivity contribution in [3.8, 4) is 22.4 Å². The number of carboxylic acid groups (broad SMARTS) is 1. The topological polar surface area (TPSA) is 79.6 Å². The lowest BCUT2D eigenvalue weighted by atomic mass is 9.96. The van der Waals surface area contributed by atoms with Gasteiger partial charge in [0.2, 0.25) is 0 Å². The van der Waals surface area contributed by atoms with E-state index >= 15 is 0 Å². The van der Waals surface area contributed by atoms with Crippen LogP contribution in [0.25, 0.3) is 33.3 Å². The fourth-order valence-electron chi connectivity index (χ4n) is 5.17. The van der Waals surface area contributed by atoms with Gasteiger partial charge in [-0.2, -0.15) is 0 Å². The Bertz CT molecular complexity index is 1850. The molecule has 198 valence electrons. The van der Waals surface area contributed by atoms with Gasteiger partial charge in [-0.25, -0.2) is 16.8 Å². The highest BCUT2D eigenvalue weighted by Gasteiger charge is 2.34. The number of carboxylic acids is 1. The Hall–Kier alpha value is -3.95. The van der Waals surface area contributed by atoms with E-state index in [1.165, 1.54) is 33.5 Å². The number of halogens is 1. The molecule has 0 saturated carbocycles. The van der Waals surface area contributed by atoms with Crippen molar-refractivity contribution in [2.45, 2.75) is 18.7 Å². The molecule has 5 aromatic rings. The molecule has 0 spiro atoms. The quantitative estimate of drug-likeness (QED) is 0.255. The van der Waals surface area contributed by atoms with Gasteiger partial charge in [0.15, 0.2) is 0 Å². The zero-order valence-corrected chi connectivity index (χ0v) is 22.9. The zero-order valence-electron chi connectivity index (χ0n) is 21.3. The van der Waals surface area contributed by atoms with Crippen molar-refractivity contribution in [2.24, 2.45) is 5.92 Å². The summed E-state index contributed by atoms with van der Waals surface area (Å²) in [5.74, 6) is -1.72. The molecule has 39 heavy (non-hydrogen) atoms. The monoisotopic (exact) mass is 560 g/mol. The van der Waals surface area contributed by atoms with Crippen molar-refractivity contribution in [2.75, 3.05) is 18.0 Å². The first kappa shape index (κ1) is 25.3. The lowest BCUT2D eigenvalue weighted by Crippen LogP contribution is -2.50. The number of rotatable bonds is 6. The Morgan fingerprint density at radius 3 is 2.41 bits per heavy atom. The minimum atomic E-state index is -4.10. The third kappa shape index (κ3) is 4.22. The van der Waals surface area contributed by atoms with Gasteiger partial charge in [0.25, 0.3) is 10.0 Å². The summed E-state index contributed by atoms with van der Waals surface area (Å²) in [6.07, 6.45) is 0. The summed E-state index contributed by atoms with van der Waals surface area (Å²) in [5, 5.41) is 11.8. The molecular weight excluding hydrogens is 535 g/mol. The maximum absolute atomic E-state index is 14.7. The average molecular weight is 561 g/mol. The summed E-state index contributed by atoms with van der Waals surface area (Å²) in [6.45, 7) is 4.61. The summed E-state index contributed by atoms with van der Waals surface area (Å²) >= 11 is 1.54. The van der Waals surface area contributed by atoms with Crippen LogP contribution in [0.5, 0.6) is 0 Å². The predicted octanol–water partition coefficient (Wildman–Crippen LogP) is 6.55. The van der Waals surface area contributed by atoms with Gasteiger partial charge >= 0.3 is 5.97 Å². The molecule has 1 saturated heterocycles. The van der Waals surface area contributed by atoms with Gasteiger partial charge in [0.05, 0.1) is 22.0 Å². The number of anilines is 1. The largest absolute Gasteiger partial charge is 0.481 e. The molecule has 0 amide bonds. The highest BCUT2D eigenvalue weighted by molar-refractivity contribution is 7.90. The van der Waals surface area contributed by atoms with Crippen molar-refractivity contribution in [3.63, 3.8) is 0 Å². The highest BCUT2D eigenvalue weighted by atomic mass is 32.2. The number of hydrogen-bond donors (Lipinski definition) is 1. The number of carbonyl (C=O) groups is 1. The van der Waals surface area contributed by atoms with Gasteiger partial charge in [0, 0.05) is 40.2 Å². The van der Waals surface area contributed by atoms with E-state index < -0.39 is 27.7 Å². The Labute approximate surface area is 229 Å². The number of hydrogen-bond acceptors (Lipinski definition) is 5. The van der Waals surface area contributed by atoms with Crippen LogP contribution in [0.15, 0.2) is 83.1 Å². The molecule has 9 heteroatoms. The number of aliphatic carboxylic acids is 1. The molecule has 6 rings (SSSR count). The number of thiophene rings is 1. The minimum absolute atomic E-state index is 0.132. The van der Waals surface area contributed by atoms with Crippen LogP contribution in [-0.4, -0.2) is 36.6 Å². The van der Waals surface area contributed by atoms with E-state index in [4.69, 9.17) is 0 Å². The second kappa shape index (κ2) is 9.36. The average Bonchev–Trinajstić information content (AvgIpc) is 3.43. The van der Waals surface area contributed by atoms with Gasteiger partial charge in [-0.15, -0.1) is 11.3 Å². The minimum Gasteiger partial charge on any atom is -0.481 e. The van der Waals surface area contributed by atoms with Gasteiger partial charge in [-0.1, -0.05) is 29.8 Å². The van der Waals surface area contributed by atoms with Crippen LogP contribution in [-0.2, 0) is 14.8 Å². The van der Waals surface area contributed by atoms with Gasteiger partial charge in [-0.3, -0.25) is 4.79 Å². The fraction of sp³-hybridized carbons (Fsp3) is 0.167. The van der Waals surface area contributed by atoms with Crippen LogP contribution < -0.4 is 4.90 Å². The van der Waals surface area contributed by atoms with Crippen LogP contribution in [0.4, 0.5) is 10.1 Å².